The van der Waals surface area contributed by atoms with Gasteiger partial charge in [0.2, 0.25) is 0 Å². The fourth-order valence-electron chi connectivity index (χ4n) is 2.34. The number of carbonyl (C=O) groups is 2. The molecular weight excluding hydrogens is 272 g/mol. The van der Waals surface area contributed by atoms with Crippen LogP contribution in [0, 0.1) is 0 Å². The first kappa shape index (κ1) is 15.3. The van der Waals surface area contributed by atoms with Crippen LogP contribution < -0.4 is 0 Å². The lowest BCUT2D eigenvalue weighted by molar-refractivity contribution is -0.173. The van der Waals surface area contributed by atoms with Crippen LogP contribution in [0.4, 0.5) is 4.79 Å². The summed E-state index contributed by atoms with van der Waals surface area (Å²) in [6, 6.07) is 8.95. The average Bonchev–Trinajstić information content (AvgIpc) is 3.01. The number of amides is 2. The molecule has 0 unspecified atom stereocenters. The van der Waals surface area contributed by atoms with E-state index in [-0.39, 0.29) is 12.5 Å². The monoisotopic (exact) mass is 292 g/mol. The summed E-state index contributed by atoms with van der Waals surface area (Å²) < 4.78 is 5.28. The molecule has 114 valence electrons. The topological polar surface area (TPSA) is 59.1 Å². The Hall–Kier alpha value is -2.08. The van der Waals surface area contributed by atoms with E-state index in [1.165, 1.54) is 19.1 Å². The molecule has 21 heavy (non-hydrogen) atoms. The van der Waals surface area contributed by atoms with Crippen LogP contribution in [0.25, 0.3) is 0 Å². The molecule has 1 fully saturated rings. The second-order valence-corrected chi connectivity index (χ2v) is 4.91. The van der Waals surface area contributed by atoms with Gasteiger partial charge in [-0.1, -0.05) is 30.3 Å². The summed E-state index contributed by atoms with van der Waals surface area (Å²) >= 11 is 0. The van der Waals surface area contributed by atoms with Crippen LogP contribution in [-0.2, 0) is 21.0 Å². The second-order valence-electron chi connectivity index (χ2n) is 4.91. The quantitative estimate of drug-likeness (QED) is 0.794. The third-order valence-electron chi connectivity index (χ3n) is 3.56. The standard InChI is InChI=1S/C15H20N2O4/c1-16(20-2)14(18)13-9-6-10-17(13)15(19)21-11-12-7-4-3-5-8-12/h3-5,7-8,13H,6,9-11H2,1-2H3/t13-/m0/s1. The molecule has 1 heterocycles. The van der Waals surface area contributed by atoms with E-state index in [2.05, 4.69) is 0 Å². The molecule has 1 aliphatic heterocycles. The molecule has 2 amide bonds. The Morgan fingerprint density at radius 2 is 2.05 bits per heavy atom. The molecule has 6 nitrogen and oxygen atoms in total. The minimum absolute atomic E-state index is 0.206. The molecule has 0 aliphatic carbocycles. The highest BCUT2D eigenvalue weighted by molar-refractivity contribution is 5.85. The second kappa shape index (κ2) is 7.08. The van der Waals surface area contributed by atoms with E-state index in [9.17, 15) is 9.59 Å². The summed E-state index contributed by atoms with van der Waals surface area (Å²) in [5.74, 6) is -0.230. The zero-order valence-corrected chi connectivity index (χ0v) is 12.3. The van der Waals surface area contributed by atoms with Crippen molar-refractivity contribution in [3.05, 3.63) is 35.9 Å². The maximum Gasteiger partial charge on any atom is 0.410 e. The summed E-state index contributed by atoms with van der Waals surface area (Å²) in [5, 5.41) is 1.15. The molecule has 1 aromatic carbocycles. The van der Waals surface area contributed by atoms with E-state index in [1.54, 1.807) is 0 Å². The number of carbonyl (C=O) groups excluding carboxylic acids is 2. The lowest BCUT2D eigenvalue weighted by atomic mass is 10.2. The van der Waals surface area contributed by atoms with Gasteiger partial charge in [-0.2, -0.15) is 0 Å². The van der Waals surface area contributed by atoms with Gasteiger partial charge in [0.25, 0.3) is 5.91 Å². The molecular formula is C15H20N2O4. The van der Waals surface area contributed by atoms with Crippen molar-refractivity contribution in [2.75, 3.05) is 20.7 Å². The summed E-state index contributed by atoms with van der Waals surface area (Å²) in [5.41, 5.74) is 0.918. The minimum Gasteiger partial charge on any atom is -0.445 e. The molecule has 6 heteroatoms. The van der Waals surface area contributed by atoms with Crippen LogP contribution in [0.2, 0.25) is 0 Å². The van der Waals surface area contributed by atoms with Crippen molar-refractivity contribution in [2.24, 2.45) is 0 Å². The number of nitrogens with zero attached hydrogens (tertiary/aromatic N) is 2. The number of ether oxygens (including phenoxy) is 1. The first-order valence-corrected chi connectivity index (χ1v) is 6.92. The van der Waals surface area contributed by atoms with Crippen LogP contribution in [0.15, 0.2) is 30.3 Å². The lowest BCUT2D eigenvalue weighted by Crippen LogP contribution is -2.46. The summed E-state index contributed by atoms with van der Waals surface area (Å²) in [6.45, 7) is 0.735. The molecule has 1 aromatic rings. The lowest BCUT2D eigenvalue weighted by Gasteiger charge is -2.26. The van der Waals surface area contributed by atoms with Gasteiger partial charge in [-0.15, -0.1) is 0 Å². The van der Waals surface area contributed by atoms with Crippen LogP contribution in [-0.4, -0.2) is 48.7 Å². The SMILES string of the molecule is CON(C)C(=O)[C@@H]1CCCN1C(=O)OCc1ccccc1. The van der Waals surface area contributed by atoms with Gasteiger partial charge in [0.05, 0.1) is 7.11 Å². The Morgan fingerprint density at radius 1 is 1.33 bits per heavy atom. The van der Waals surface area contributed by atoms with Crippen LogP contribution in [0.3, 0.4) is 0 Å². The highest BCUT2D eigenvalue weighted by Gasteiger charge is 2.36. The number of likely N-dealkylation sites (tertiary alicyclic amines) is 1. The number of hydrogen-bond acceptors (Lipinski definition) is 4. The van der Waals surface area contributed by atoms with Crippen molar-refractivity contribution in [3.8, 4) is 0 Å². The van der Waals surface area contributed by atoms with Gasteiger partial charge in [0.15, 0.2) is 0 Å². The number of hydroxylamine groups is 2. The Kier molecular flexibility index (Phi) is 5.16. The normalized spacial score (nSPS) is 17.6. The van der Waals surface area contributed by atoms with E-state index in [0.29, 0.717) is 13.0 Å². The van der Waals surface area contributed by atoms with E-state index < -0.39 is 12.1 Å². The molecule has 1 atom stereocenters. The molecule has 0 radical (unpaired) electrons. The highest BCUT2D eigenvalue weighted by atomic mass is 16.7. The first-order valence-electron chi connectivity index (χ1n) is 6.92. The van der Waals surface area contributed by atoms with Crippen molar-refractivity contribution in [1.82, 2.24) is 9.96 Å². The molecule has 0 N–H and O–H groups in total. The number of likely N-dealkylation sites (N-methyl/N-ethyl adjacent to an activating group) is 1. The summed E-state index contributed by atoms with van der Waals surface area (Å²) in [7, 11) is 2.96. The minimum atomic E-state index is -0.502. The third kappa shape index (κ3) is 3.72. The summed E-state index contributed by atoms with van der Waals surface area (Å²) in [4.78, 5) is 30.6. The van der Waals surface area contributed by atoms with E-state index >= 15 is 0 Å². The average molecular weight is 292 g/mol. The van der Waals surface area contributed by atoms with Gasteiger partial charge >= 0.3 is 6.09 Å². The van der Waals surface area contributed by atoms with Crippen LogP contribution in [0.5, 0.6) is 0 Å². The Bertz CT molecular complexity index is 492. The van der Waals surface area contributed by atoms with Crippen LogP contribution in [0.1, 0.15) is 18.4 Å². The fourth-order valence-corrected chi connectivity index (χ4v) is 2.34. The molecule has 2 rings (SSSR count). The molecule has 1 saturated heterocycles. The number of rotatable bonds is 4. The number of hydrogen-bond donors (Lipinski definition) is 0. The molecule has 0 aromatic heterocycles. The number of benzene rings is 1. The zero-order chi connectivity index (χ0) is 15.2. The van der Waals surface area contributed by atoms with E-state index in [0.717, 1.165) is 17.0 Å². The molecule has 1 aliphatic rings. The first-order chi connectivity index (χ1) is 10.1. The van der Waals surface area contributed by atoms with Gasteiger partial charge in [0.1, 0.15) is 12.6 Å². The predicted octanol–water partition coefficient (Wildman–Crippen LogP) is 1.81. The maximum atomic E-state index is 12.1. The van der Waals surface area contributed by atoms with Crippen molar-refractivity contribution < 1.29 is 19.2 Å². The maximum absolute atomic E-state index is 12.1. The molecule has 0 bridgehead atoms. The van der Waals surface area contributed by atoms with Gasteiger partial charge in [0, 0.05) is 13.6 Å². The van der Waals surface area contributed by atoms with Crippen LogP contribution >= 0.6 is 0 Å². The Labute approximate surface area is 124 Å². The Balaban J connectivity index is 1.93. The zero-order valence-electron chi connectivity index (χ0n) is 12.3. The van der Waals surface area contributed by atoms with E-state index in [4.69, 9.17) is 9.57 Å². The van der Waals surface area contributed by atoms with Crippen molar-refractivity contribution >= 4 is 12.0 Å². The fraction of sp³-hybridized carbons (Fsp3) is 0.467. The van der Waals surface area contributed by atoms with Gasteiger partial charge < -0.3 is 4.74 Å². The molecule has 0 saturated carbocycles. The van der Waals surface area contributed by atoms with Gasteiger partial charge in [-0.05, 0) is 18.4 Å². The van der Waals surface area contributed by atoms with Gasteiger partial charge in [-0.3, -0.25) is 14.5 Å². The molecule has 0 spiro atoms. The highest BCUT2D eigenvalue weighted by Crippen LogP contribution is 2.20. The van der Waals surface area contributed by atoms with Crippen molar-refractivity contribution in [3.63, 3.8) is 0 Å². The smallest absolute Gasteiger partial charge is 0.410 e. The third-order valence-corrected chi connectivity index (χ3v) is 3.56. The predicted molar refractivity (Wildman–Crippen MR) is 76.1 cm³/mol. The van der Waals surface area contributed by atoms with E-state index in [1.807, 2.05) is 30.3 Å². The van der Waals surface area contributed by atoms with Crippen molar-refractivity contribution in [2.45, 2.75) is 25.5 Å². The Morgan fingerprint density at radius 3 is 2.71 bits per heavy atom. The largest absolute Gasteiger partial charge is 0.445 e. The van der Waals surface area contributed by atoms with Crippen molar-refractivity contribution in [1.29, 1.82) is 0 Å². The van der Waals surface area contributed by atoms with Gasteiger partial charge in [-0.25, -0.2) is 9.86 Å². The summed E-state index contributed by atoms with van der Waals surface area (Å²) in [6.07, 6.45) is 0.959.